The van der Waals surface area contributed by atoms with E-state index in [2.05, 4.69) is 69.3 Å². The zero-order chi connectivity index (χ0) is 18.8. The molecule has 4 heteroatoms. The minimum Gasteiger partial charge on any atom is -0.463 e. The van der Waals surface area contributed by atoms with Crippen LogP contribution in [0.15, 0.2) is 60.7 Å². The van der Waals surface area contributed by atoms with Gasteiger partial charge >= 0.3 is 5.97 Å². The topological polar surface area (TPSA) is 35.5 Å². The van der Waals surface area contributed by atoms with Crippen molar-refractivity contribution in [2.45, 2.75) is 45.3 Å². The number of cyclic esters (lactones) is 1. The normalized spacial score (nSPS) is 21.3. The summed E-state index contributed by atoms with van der Waals surface area (Å²) in [6.45, 7) is 9.04. The summed E-state index contributed by atoms with van der Waals surface area (Å²) >= 11 is 0. The van der Waals surface area contributed by atoms with E-state index in [4.69, 9.17) is 9.16 Å². The van der Waals surface area contributed by atoms with Crippen LogP contribution in [-0.2, 0) is 14.0 Å². The van der Waals surface area contributed by atoms with Gasteiger partial charge in [-0.25, -0.2) is 0 Å². The lowest BCUT2D eigenvalue weighted by Gasteiger charge is -2.46. The first-order valence-corrected chi connectivity index (χ1v) is 11.2. The summed E-state index contributed by atoms with van der Waals surface area (Å²) < 4.78 is 12.4. The molecule has 0 amide bonds. The third-order valence-electron chi connectivity index (χ3n) is 5.19. The van der Waals surface area contributed by atoms with Crippen molar-refractivity contribution in [3.8, 4) is 0 Å². The number of ether oxygens (including phenoxy) is 1. The van der Waals surface area contributed by atoms with Crippen molar-refractivity contribution < 1.29 is 14.0 Å². The molecule has 3 rings (SSSR count). The molecule has 0 unspecified atom stereocenters. The fourth-order valence-corrected chi connectivity index (χ4v) is 8.58. The molecule has 0 saturated carbocycles. The Morgan fingerprint density at radius 3 is 1.88 bits per heavy atom. The highest BCUT2D eigenvalue weighted by Crippen LogP contribution is 2.38. The molecule has 3 nitrogen and oxygen atoms in total. The summed E-state index contributed by atoms with van der Waals surface area (Å²) in [5.74, 6) is -0.237. The van der Waals surface area contributed by atoms with Crippen LogP contribution in [0.5, 0.6) is 0 Å². The van der Waals surface area contributed by atoms with Crippen molar-refractivity contribution in [3.05, 3.63) is 60.7 Å². The van der Waals surface area contributed by atoms with Crippen molar-refractivity contribution in [1.82, 2.24) is 0 Å². The quantitative estimate of drug-likeness (QED) is 0.612. The van der Waals surface area contributed by atoms with Crippen LogP contribution < -0.4 is 10.4 Å². The van der Waals surface area contributed by atoms with Gasteiger partial charge in [-0.15, -0.1) is 0 Å². The van der Waals surface area contributed by atoms with E-state index in [0.717, 1.165) is 0 Å². The Bertz CT molecular complexity index is 697. The first kappa shape index (κ1) is 18.9. The molecule has 0 aliphatic carbocycles. The molecular weight excluding hydrogens is 340 g/mol. The van der Waals surface area contributed by atoms with Gasteiger partial charge in [-0.3, -0.25) is 4.79 Å². The van der Waals surface area contributed by atoms with Crippen molar-refractivity contribution in [3.63, 3.8) is 0 Å². The standard InChI is InChI=1S/C22H28O3Si/c1-17-15-18(16-24-21(17)23)25-26(22(2,3)4,19-11-7-5-8-12-19)20-13-9-6-10-14-20/h5-14,17-18H,15-16H2,1-4H3/t17-,18+/m0/s1. The molecule has 2 aromatic rings. The van der Waals surface area contributed by atoms with E-state index < -0.39 is 8.32 Å². The molecule has 2 aromatic carbocycles. The van der Waals surface area contributed by atoms with Gasteiger partial charge in [0, 0.05) is 0 Å². The summed E-state index contributed by atoms with van der Waals surface area (Å²) in [5, 5.41) is 2.44. The van der Waals surface area contributed by atoms with Gasteiger partial charge in [0.1, 0.15) is 6.61 Å². The second kappa shape index (κ2) is 7.37. The number of carbonyl (C=O) groups excluding carboxylic acids is 1. The Morgan fingerprint density at radius 1 is 0.962 bits per heavy atom. The highest BCUT2D eigenvalue weighted by molar-refractivity contribution is 6.99. The first-order chi connectivity index (χ1) is 12.3. The average molecular weight is 369 g/mol. The van der Waals surface area contributed by atoms with Crippen molar-refractivity contribution >= 4 is 24.7 Å². The molecule has 1 heterocycles. The number of benzene rings is 2. The summed E-state index contributed by atoms with van der Waals surface area (Å²) in [7, 11) is -2.58. The number of esters is 1. The van der Waals surface area contributed by atoms with Gasteiger partial charge in [0.2, 0.25) is 0 Å². The summed E-state index contributed by atoms with van der Waals surface area (Å²) in [5.41, 5.74) is 0. The SMILES string of the molecule is C[C@H]1C[C@@H](O[Si](c2ccccc2)(c2ccccc2)C(C)(C)C)COC1=O. The molecule has 1 aliphatic rings. The Hall–Kier alpha value is -1.91. The van der Waals surface area contributed by atoms with Crippen LogP contribution in [0.4, 0.5) is 0 Å². The highest BCUT2D eigenvalue weighted by atomic mass is 28.4. The van der Waals surface area contributed by atoms with Gasteiger partial charge < -0.3 is 9.16 Å². The van der Waals surface area contributed by atoms with Crippen LogP contribution in [0.3, 0.4) is 0 Å². The molecule has 2 atom stereocenters. The predicted octanol–water partition coefficient (Wildman–Crippen LogP) is 3.51. The van der Waals surface area contributed by atoms with E-state index in [1.54, 1.807) is 0 Å². The highest BCUT2D eigenvalue weighted by Gasteiger charge is 2.52. The largest absolute Gasteiger partial charge is 0.463 e. The molecular formula is C22H28O3Si. The van der Waals surface area contributed by atoms with Crippen molar-refractivity contribution in [2.75, 3.05) is 6.61 Å². The van der Waals surface area contributed by atoms with Gasteiger partial charge in [0.05, 0.1) is 12.0 Å². The fraction of sp³-hybridized carbons (Fsp3) is 0.409. The third-order valence-corrected chi connectivity index (χ3v) is 10.3. The molecule has 0 spiro atoms. The minimum absolute atomic E-state index is 0.0690. The molecule has 0 aromatic heterocycles. The van der Waals surface area contributed by atoms with Crippen LogP contribution in [0.1, 0.15) is 34.1 Å². The van der Waals surface area contributed by atoms with Crippen molar-refractivity contribution in [1.29, 1.82) is 0 Å². The van der Waals surface area contributed by atoms with Gasteiger partial charge in [0.25, 0.3) is 8.32 Å². The molecule has 0 N–H and O–H groups in total. The maximum Gasteiger partial charge on any atom is 0.308 e. The second-order valence-corrected chi connectivity index (χ2v) is 12.4. The monoisotopic (exact) mass is 368 g/mol. The zero-order valence-electron chi connectivity index (χ0n) is 16.1. The number of carbonyl (C=O) groups is 1. The first-order valence-electron chi connectivity index (χ1n) is 9.30. The Labute approximate surface area is 157 Å². The smallest absolute Gasteiger partial charge is 0.308 e. The second-order valence-electron chi connectivity index (χ2n) is 8.17. The van der Waals surface area contributed by atoms with Crippen molar-refractivity contribution in [2.24, 2.45) is 5.92 Å². The molecule has 1 fully saturated rings. The number of hydrogen-bond donors (Lipinski definition) is 0. The van der Waals surface area contributed by atoms with Crippen LogP contribution in [0.25, 0.3) is 0 Å². The van der Waals surface area contributed by atoms with E-state index >= 15 is 0 Å². The van der Waals surface area contributed by atoms with Gasteiger partial charge in [-0.2, -0.15) is 0 Å². The number of rotatable bonds is 4. The fourth-order valence-electron chi connectivity index (χ4n) is 3.90. The van der Waals surface area contributed by atoms with E-state index in [1.807, 2.05) is 19.1 Å². The molecule has 138 valence electrons. The van der Waals surface area contributed by atoms with Gasteiger partial charge in [0.15, 0.2) is 0 Å². The maximum absolute atomic E-state index is 11.8. The minimum atomic E-state index is -2.58. The Morgan fingerprint density at radius 2 is 1.46 bits per heavy atom. The van der Waals surface area contributed by atoms with Crippen LogP contribution in [-0.4, -0.2) is 27.0 Å². The molecule has 26 heavy (non-hydrogen) atoms. The van der Waals surface area contributed by atoms with Crippen LogP contribution in [0.2, 0.25) is 5.04 Å². The summed E-state index contributed by atoms with van der Waals surface area (Å²) in [6.07, 6.45) is 0.637. The average Bonchev–Trinajstić information content (AvgIpc) is 2.63. The zero-order valence-corrected chi connectivity index (χ0v) is 17.1. The van der Waals surface area contributed by atoms with Crippen LogP contribution >= 0.6 is 0 Å². The lowest BCUT2D eigenvalue weighted by atomic mass is 10.0. The molecule has 0 radical (unpaired) electrons. The van der Waals surface area contributed by atoms with Gasteiger partial charge in [-0.05, 0) is 21.8 Å². The summed E-state index contributed by atoms with van der Waals surface area (Å²) in [4.78, 5) is 11.8. The maximum atomic E-state index is 11.8. The summed E-state index contributed by atoms with van der Waals surface area (Å²) in [6, 6.07) is 21.1. The lowest BCUT2D eigenvalue weighted by Crippen LogP contribution is -2.68. The van der Waals surface area contributed by atoms with Crippen LogP contribution in [0, 0.1) is 5.92 Å². The van der Waals surface area contributed by atoms with E-state index in [9.17, 15) is 4.79 Å². The Balaban J connectivity index is 2.10. The van der Waals surface area contributed by atoms with E-state index in [-0.39, 0.29) is 23.0 Å². The lowest BCUT2D eigenvalue weighted by molar-refractivity contribution is -0.158. The third kappa shape index (κ3) is 3.48. The molecule has 1 saturated heterocycles. The van der Waals surface area contributed by atoms with Gasteiger partial charge in [-0.1, -0.05) is 88.4 Å². The Kier molecular flexibility index (Phi) is 5.35. The molecule has 1 aliphatic heterocycles. The number of hydrogen-bond acceptors (Lipinski definition) is 3. The van der Waals surface area contributed by atoms with E-state index in [0.29, 0.717) is 13.0 Å². The van der Waals surface area contributed by atoms with E-state index in [1.165, 1.54) is 10.4 Å². The molecule has 0 bridgehead atoms. The predicted molar refractivity (Wildman–Crippen MR) is 107 cm³/mol.